The molecule has 1 heterocycles. The number of aromatic nitrogens is 1. The van der Waals surface area contributed by atoms with E-state index < -0.39 is 29.3 Å². The van der Waals surface area contributed by atoms with E-state index >= 15 is 0 Å². The number of carboxylic acids is 1. The van der Waals surface area contributed by atoms with Gasteiger partial charge in [-0.05, 0) is 18.6 Å². The summed E-state index contributed by atoms with van der Waals surface area (Å²) in [5, 5.41) is 10.6. The molecular formula is C11H11F3N2O3. The minimum absolute atomic E-state index is 0.0165. The largest absolute Gasteiger partial charge is 0.481 e. The molecule has 1 rings (SSSR count). The van der Waals surface area contributed by atoms with Crippen LogP contribution in [-0.4, -0.2) is 28.5 Å². The number of hydrogen-bond acceptors (Lipinski definition) is 3. The van der Waals surface area contributed by atoms with Gasteiger partial charge < -0.3 is 10.4 Å². The topological polar surface area (TPSA) is 79.3 Å². The summed E-state index contributed by atoms with van der Waals surface area (Å²) in [7, 11) is 0. The Morgan fingerprint density at radius 3 is 2.63 bits per heavy atom. The van der Waals surface area contributed by atoms with Gasteiger partial charge in [0.2, 0.25) is 0 Å². The van der Waals surface area contributed by atoms with Gasteiger partial charge in [0.25, 0.3) is 5.91 Å². The molecule has 0 radical (unpaired) electrons. The number of halogens is 3. The van der Waals surface area contributed by atoms with Crippen molar-refractivity contribution in [1.82, 2.24) is 10.3 Å². The maximum absolute atomic E-state index is 12.6. The van der Waals surface area contributed by atoms with E-state index in [4.69, 9.17) is 5.11 Å². The van der Waals surface area contributed by atoms with E-state index in [1.165, 1.54) is 6.07 Å². The van der Waals surface area contributed by atoms with Gasteiger partial charge in [-0.25, -0.2) is 0 Å². The summed E-state index contributed by atoms with van der Waals surface area (Å²) in [6, 6.07) is 2.24. The fourth-order valence-corrected chi connectivity index (χ4v) is 1.35. The SMILES string of the molecule is O=C(O)CCCNC(=O)c1cccnc1C(F)(F)F. The van der Waals surface area contributed by atoms with Crippen molar-refractivity contribution in [3.8, 4) is 0 Å². The molecule has 0 bridgehead atoms. The number of aliphatic carboxylic acids is 1. The monoisotopic (exact) mass is 276 g/mol. The minimum Gasteiger partial charge on any atom is -0.481 e. The van der Waals surface area contributed by atoms with E-state index in [-0.39, 0.29) is 19.4 Å². The van der Waals surface area contributed by atoms with Gasteiger partial charge in [0.05, 0.1) is 5.56 Å². The third-order valence-electron chi connectivity index (χ3n) is 2.17. The third-order valence-corrected chi connectivity index (χ3v) is 2.17. The zero-order valence-corrected chi connectivity index (χ0v) is 9.70. The average molecular weight is 276 g/mol. The van der Waals surface area contributed by atoms with Crippen LogP contribution in [0.5, 0.6) is 0 Å². The lowest BCUT2D eigenvalue weighted by molar-refractivity contribution is -0.141. The third kappa shape index (κ3) is 4.57. The van der Waals surface area contributed by atoms with E-state index in [0.717, 1.165) is 12.3 Å². The van der Waals surface area contributed by atoms with Gasteiger partial charge in [0.1, 0.15) is 0 Å². The fraction of sp³-hybridized carbons (Fsp3) is 0.364. The van der Waals surface area contributed by atoms with Crippen molar-refractivity contribution >= 4 is 11.9 Å². The van der Waals surface area contributed by atoms with Crippen LogP contribution in [0, 0.1) is 0 Å². The number of amides is 1. The first-order valence-electron chi connectivity index (χ1n) is 5.34. The maximum atomic E-state index is 12.6. The van der Waals surface area contributed by atoms with E-state index in [1.807, 2.05) is 0 Å². The van der Waals surface area contributed by atoms with Crippen molar-refractivity contribution in [2.45, 2.75) is 19.0 Å². The molecule has 104 valence electrons. The number of nitrogens with zero attached hydrogens (tertiary/aromatic N) is 1. The molecule has 8 heteroatoms. The van der Waals surface area contributed by atoms with Crippen LogP contribution < -0.4 is 5.32 Å². The quantitative estimate of drug-likeness (QED) is 0.802. The van der Waals surface area contributed by atoms with Crippen molar-refractivity contribution < 1.29 is 27.9 Å². The number of alkyl halides is 3. The van der Waals surface area contributed by atoms with E-state index in [0.29, 0.717) is 0 Å². The number of nitrogens with one attached hydrogen (secondary N) is 1. The number of rotatable bonds is 5. The Hall–Kier alpha value is -2.12. The van der Waals surface area contributed by atoms with Crippen LogP contribution in [0.4, 0.5) is 13.2 Å². The molecular weight excluding hydrogens is 265 g/mol. The lowest BCUT2D eigenvalue weighted by atomic mass is 10.1. The lowest BCUT2D eigenvalue weighted by Crippen LogP contribution is -2.28. The van der Waals surface area contributed by atoms with E-state index in [2.05, 4.69) is 10.3 Å². The zero-order valence-electron chi connectivity index (χ0n) is 9.70. The number of carbonyl (C=O) groups excluding carboxylic acids is 1. The van der Waals surface area contributed by atoms with Crippen molar-refractivity contribution in [1.29, 1.82) is 0 Å². The van der Waals surface area contributed by atoms with Crippen LogP contribution in [-0.2, 0) is 11.0 Å². The summed E-state index contributed by atoms with van der Waals surface area (Å²) < 4.78 is 37.7. The van der Waals surface area contributed by atoms with E-state index in [1.54, 1.807) is 0 Å². The number of pyridine rings is 1. The van der Waals surface area contributed by atoms with Crippen molar-refractivity contribution in [2.75, 3.05) is 6.54 Å². The second-order valence-corrected chi connectivity index (χ2v) is 3.65. The molecule has 0 aliphatic heterocycles. The van der Waals surface area contributed by atoms with Crippen molar-refractivity contribution in [3.63, 3.8) is 0 Å². The molecule has 0 unspecified atom stereocenters. The molecule has 19 heavy (non-hydrogen) atoms. The Morgan fingerprint density at radius 2 is 2.05 bits per heavy atom. The molecule has 0 saturated heterocycles. The highest BCUT2D eigenvalue weighted by Crippen LogP contribution is 2.29. The Labute approximate surface area is 106 Å². The Kier molecular flexibility index (Phi) is 4.85. The standard InChI is InChI=1S/C11H11F3N2O3/c12-11(13,14)9-7(3-1-5-15-9)10(19)16-6-2-4-8(17)18/h1,3,5H,2,4,6H2,(H,16,19)(H,17,18). The molecule has 0 aliphatic carbocycles. The van der Waals surface area contributed by atoms with Gasteiger partial charge in [-0.15, -0.1) is 0 Å². The van der Waals surface area contributed by atoms with Crippen LogP contribution in [0.15, 0.2) is 18.3 Å². The molecule has 1 aromatic heterocycles. The van der Waals surface area contributed by atoms with E-state index in [9.17, 15) is 22.8 Å². The Bertz CT molecular complexity index is 474. The van der Waals surface area contributed by atoms with Gasteiger partial charge in [0.15, 0.2) is 5.69 Å². The van der Waals surface area contributed by atoms with Crippen molar-refractivity contribution in [2.24, 2.45) is 0 Å². The first-order chi connectivity index (χ1) is 8.82. The summed E-state index contributed by atoms with van der Waals surface area (Å²) in [5.74, 6) is -1.96. The first-order valence-corrected chi connectivity index (χ1v) is 5.34. The van der Waals surface area contributed by atoms with Crippen LogP contribution in [0.3, 0.4) is 0 Å². The highest BCUT2D eigenvalue weighted by Gasteiger charge is 2.36. The van der Waals surface area contributed by atoms with Crippen molar-refractivity contribution in [3.05, 3.63) is 29.6 Å². The highest BCUT2D eigenvalue weighted by atomic mass is 19.4. The lowest BCUT2D eigenvalue weighted by Gasteiger charge is -2.11. The Balaban J connectivity index is 2.70. The predicted octanol–water partition coefficient (Wildman–Crippen LogP) is 1.70. The van der Waals surface area contributed by atoms with Crippen LogP contribution >= 0.6 is 0 Å². The summed E-state index contributed by atoms with van der Waals surface area (Å²) >= 11 is 0. The number of hydrogen-bond donors (Lipinski definition) is 2. The second kappa shape index (κ2) is 6.17. The minimum atomic E-state index is -4.71. The maximum Gasteiger partial charge on any atom is 0.434 e. The van der Waals surface area contributed by atoms with Crippen LogP contribution in [0.1, 0.15) is 28.9 Å². The first kappa shape index (κ1) is 14.9. The summed E-state index contributed by atoms with van der Waals surface area (Å²) in [5.41, 5.74) is -1.84. The molecule has 0 spiro atoms. The number of carboxylic acid groups (broad SMARTS) is 1. The Morgan fingerprint density at radius 1 is 1.37 bits per heavy atom. The summed E-state index contributed by atoms with van der Waals surface area (Å²) in [6.07, 6.45) is -3.79. The fourth-order valence-electron chi connectivity index (χ4n) is 1.35. The van der Waals surface area contributed by atoms with Crippen LogP contribution in [0.25, 0.3) is 0 Å². The molecule has 2 N–H and O–H groups in total. The smallest absolute Gasteiger partial charge is 0.434 e. The molecule has 0 saturated carbocycles. The molecule has 0 aromatic carbocycles. The zero-order chi connectivity index (χ0) is 14.5. The molecule has 1 aromatic rings. The van der Waals surface area contributed by atoms with Gasteiger partial charge >= 0.3 is 12.1 Å². The van der Waals surface area contributed by atoms with Gasteiger partial charge in [0, 0.05) is 19.2 Å². The normalized spacial score (nSPS) is 11.1. The average Bonchev–Trinajstić information content (AvgIpc) is 2.33. The van der Waals surface area contributed by atoms with Crippen LogP contribution in [0.2, 0.25) is 0 Å². The molecule has 0 fully saturated rings. The van der Waals surface area contributed by atoms with Gasteiger partial charge in [-0.3, -0.25) is 14.6 Å². The summed E-state index contributed by atoms with van der Waals surface area (Å²) in [6.45, 7) is -0.0165. The molecule has 1 amide bonds. The molecule has 0 aliphatic rings. The predicted molar refractivity (Wildman–Crippen MR) is 58.4 cm³/mol. The molecule has 0 atom stereocenters. The van der Waals surface area contributed by atoms with Gasteiger partial charge in [-0.1, -0.05) is 0 Å². The highest BCUT2D eigenvalue weighted by molar-refractivity contribution is 5.95. The summed E-state index contributed by atoms with van der Waals surface area (Å²) in [4.78, 5) is 24.9. The second-order valence-electron chi connectivity index (χ2n) is 3.65. The number of carbonyl (C=O) groups is 2. The molecule has 5 nitrogen and oxygen atoms in total. The van der Waals surface area contributed by atoms with Gasteiger partial charge in [-0.2, -0.15) is 13.2 Å².